The Hall–Kier alpha value is -2.50. The van der Waals surface area contributed by atoms with Gasteiger partial charge in [-0.25, -0.2) is 9.97 Å². The molecule has 1 amide bonds. The standard InChI is InChI=1S/C14H17N5O/c1-3-7-16-13-9-15-8-11(18-13)14(20)19-12-6-4-5-10(2)17-12/h4-6,8-9H,3,7H2,1-2H3,(H,16,18)(H,17,19,20). The highest BCUT2D eigenvalue weighted by molar-refractivity contribution is 6.02. The van der Waals surface area contributed by atoms with E-state index in [0.29, 0.717) is 11.6 Å². The molecule has 0 spiro atoms. The third kappa shape index (κ3) is 3.74. The van der Waals surface area contributed by atoms with Crippen LogP contribution < -0.4 is 10.6 Å². The molecule has 0 aliphatic carbocycles. The molecule has 0 aliphatic heterocycles. The van der Waals surface area contributed by atoms with Gasteiger partial charge in [-0.05, 0) is 25.5 Å². The van der Waals surface area contributed by atoms with E-state index in [4.69, 9.17) is 0 Å². The van der Waals surface area contributed by atoms with Crippen LogP contribution in [0.2, 0.25) is 0 Å². The van der Waals surface area contributed by atoms with E-state index in [1.165, 1.54) is 6.20 Å². The monoisotopic (exact) mass is 271 g/mol. The number of hydrogen-bond acceptors (Lipinski definition) is 5. The number of pyridine rings is 1. The Bertz CT molecular complexity index is 600. The van der Waals surface area contributed by atoms with Gasteiger partial charge in [-0.3, -0.25) is 9.78 Å². The van der Waals surface area contributed by atoms with Crippen molar-refractivity contribution < 1.29 is 4.79 Å². The van der Waals surface area contributed by atoms with Crippen molar-refractivity contribution in [2.45, 2.75) is 20.3 Å². The van der Waals surface area contributed by atoms with Gasteiger partial charge in [0.05, 0.1) is 12.4 Å². The Balaban J connectivity index is 2.09. The van der Waals surface area contributed by atoms with E-state index in [1.807, 2.05) is 19.1 Å². The fourth-order valence-corrected chi connectivity index (χ4v) is 1.61. The smallest absolute Gasteiger partial charge is 0.277 e. The van der Waals surface area contributed by atoms with Crippen LogP contribution in [0.15, 0.2) is 30.6 Å². The van der Waals surface area contributed by atoms with Crippen LogP contribution >= 0.6 is 0 Å². The molecule has 0 unspecified atom stereocenters. The molecule has 0 saturated heterocycles. The maximum absolute atomic E-state index is 12.1. The van der Waals surface area contributed by atoms with Crippen LogP contribution in [0.5, 0.6) is 0 Å². The summed E-state index contributed by atoms with van der Waals surface area (Å²) in [5, 5.41) is 5.80. The normalized spacial score (nSPS) is 10.1. The van der Waals surface area contributed by atoms with Crippen LogP contribution in [0.4, 0.5) is 11.6 Å². The summed E-state index contributed by atoms with van der Waals surface area (Å²) in [5.41, 5.74) is 1.10. The molecule has 0 atom stereocenters. The summed E-state index contributed by atoms with van der Waals surface area (Å²) in [7, 11) is 0. The first-order valence-electron chi connectivity index (χ1n) is 6.50. The van der Waals surface area contributed by atoms with Crippen molar-refractivity contribution in [3.63, 3.8) is 0 Å². The predicted molar refractivity (Wildman–Crippen MR) is 77.7 cm³/mol. The second kappa shape index (κ2) is 6.60. The van der Waals surface area contributed by atoms with E-state index < -0.39 is 0 Å². The van der Waals surface area contributed by atoms with Crippen LogP contribution in [-0.4, -0.2) is 27.4 Å². The zero-order valence-corrected chi connectivity index (χ0v) is 11.6. The molecule has 104 valence electrons. The number of amides is 1. The number of aryl methyl sites for hydroxylation is 1. The predicted octanol–water partition coefficient (Wildman–Crippen LogP) is 2.25. The third-order valence-corrected chi connectivity index (χ3v) is 2.55. The van der Waals surface area contributed by atoms with E-state index in [-0.39, 0.29) is 11.6 Å². The third-order valence-electron chi connectivity index (χ3n) is 2.55. The van der Waals surface area contributed by atoms with Gasteiger partial charge in [0.25, 0.3) is 5.91 Å². The molecule has 0 aliphatic rings. The van der Waals surface area contributed by atoms with Gasteiger partial charge in [0.15, 0.2) is 0 Å². The fraction of sp³-hybridized carbons (Fsp3) is 0.286. The van der Waals surface area contributed by atoms with E-state index in [9.17, 15) is 4.79 Å². The number of anilines is 2. The summed E-state index contributed by atoms with van der Waals surface area (Å²) in [6.07, 6.45) is 4.00. The van der Waals surface area contributed by atoms with Crippen LogP contribution in [0.3, 0.4) is 0 Å². The van der Waals surface area contributed by atoms with Crippen LogP contribution in [-0.2, 0) is 0 Å². The van der Waals surface area contributed by atoms with Gasteiger partial charge >= 0.3 is 0 Å². The maximum atomic E-state index is 12.1. The van der Waals surface area contributed by atoms with Crippen molar-refractivity contribution in [2.24, 2.45) is 0 Å². The molecule has 0 aromatic carbocycles. The fourth-order valence-electron chi connectivity index (χ4n) is 1.61. The van der Waals surface area contributed by atoms with Crippen molar-refractivity contribution in [3.8, 4) is 0 Å². The highest BCUT2D eigenvalue weighted by Crippen LogP contribution is 2.07. The zero-order valence-electron chi connectivity index (χ0n) is 11.6. The van der Waals surface area contributed by atoms with Crippen molar-refractivity contribution >= 4 is 17.5 Å². The minimum Gasteiger partial charge on any atom is -0.369 e. The first-order valence-corrected chi connectivity index (χ1v) is 6.50. The maximum Gasteiger partial charge on any atom is 0.277 e. The minimum absolute atomic E-state index is 0.259. The number of nitrogens with one attached hydrogen (secondary N) is 2. The highest BCUT2D eigenvalue weighted by Gasteiger charge is 2.09. The Morgan fingerprint density at radius 3 is 2.80 bits per heavy atom. The molecular weight excluding hydrogens is 254 g/mol. The highest BCUT2D eigenvalue weighted by atomic mass is 16.1. The first kappa shape index (κ1) is 13.9. The molecular formula is C14H17N5O. The Morgan fingerprint density at radius 2 is 2.05 bits per heavy atom. The van der Waals surface area contributed by atoms with Gasteiger partial charge in [-0.1, -0.05) is 13.0 Å². The van der Waals surface area contributed by atoms with E-state index in [0.717, 1.165) is 18.7 Å². The van der Waals surface area contributed by atoms with E-state index in [1.54, 1.807) is 12.3 Å². The van der Waals surface area contributed by atoms with Gasteiger partial charge < -0.3 is 10.6 Å². The van der Waals surface area contributed by atoms with Crippen LogP contribution in [0, 0.1) is 6.92 Å². The Morgan fingerprint density at radius 1 is 1.20 bits per heavy atom. The summed E-state index contributed by atoms with van der Waals surface area (Å²) in [6.45, 7) is 4.71. The van der Waals surface area contributed by atoms with Crippen molar-refractivity contribution in [3.05, 3.63) is 42.0 Å². The van der Waals surface area contributed by atoms with E-state index in [2.05, 4.69) is 32.5 Å². The van der Waals surface area contributed by atoms with Crippen molar-refractivity contribution in [1.82, 2.24) is 15.0 Å². The quantitative estimate of drug-likeness (QED) is 0.872. The second-order valence-corrected chi connectivity index (χ2v) is 4.33. The number of hydrogen-bond donors (Lipinski definition) is 2. The summed E-state index contributed by atoms with van der Waals surface area (Å²) >= 11 is 0. The van der Waals surface area contributed by atoms with Gasteiger partial charge in [0.2, 0.25) is 0 Å². The average Bonchev–Trinajstić information content (AvgIpc) is 2.45. The van der Waals surface area contributed by atoms with Crippen molar-refractivity contribution in [2.75, 3.05) is 17.2 Å². The number of carbonyl (C=O) groups excluding carboxylic acids is 1. The average molecular weight is 271 g/mol. The lowest BCUT2D eigenvalue weighted by molar-refractivity contribution is 0.102. The molecule has 2 aromatic heterocycles. The molecule has 2 heterocycles. The second-order valence-electron chi connectivity index (χ2n) is 4.33. The van der Waals surface area contributed by atoms with Crippen LogP contribution in [0.1, 0.15) is 29.5 Å². The first-order chi connectivity index (χ1) is 9.69. The molecule has 0 bridgehead atoms. The molecule has 20 heavy (non-hydrogen) atoms. The summed E-state index contributed by atoms with van der Waals surface area (Å²) in [6, 6.07) is 5.44. The van der Waals surface area contributed by atoms with Gasteiger partial charge in [0.1, 0.15) is 17.3 Å². The SMILES string of the molecule is CCCNc1cncc(C(=O)Nc2cccc(C)n2)n1. The van der Waals surface area contributed by atoms with Crippen LogP contribution in [0.25, 0.3) is 0 Å². The topological polar surface area (TPSA) is 79.8 Å². The van der Waals surface area contributed by atoms with Gasteiger partial charge in [0, 0.05) is 12.2 Å². The van der Waals surface area contributed by atoms with E-state index >= 15 is 0 Å². The Labute approximate surface area is 117 Å². The van der Waals surface area contributed by atoms with Crippen molar-refractivity contribution in [1.29, 1.82) is 0 Å². The molecule has 6 heteroatoms. The molecule has 0 saturated carbocycles. The molecule has 2 N–H and O–H groups in total. The molecule has 0 fully saturated rings. The molecule has 2 aromatic rings. The lowest BCUT2D eigenvalue weighted by atomic mass is 10.3. The lowest BCUT2D eigenvalue weighted by Gasteiger charge is -2.06. The lowest BCUT2D eigenvalue weighted by Crippen LogP contribution is -2.16. The number of carbonyl (C=O) groups is 1. The minimum atomic E-state index is -0.323. The van der Waals surface area contributed by atoms with Gasteiger partial charge in [-0.2, -0.15) is 0 Å². The molecule has 2 rings (SSSR count). The zero-order chi connectivity index (χ0) is 14.4. The molecule has 6 nitrogen and oxygen atoms in total. The molecule has 0 radical (unpaired) electrons. The van der Waals surface area contributed by atoms with Gasteiger partial charge in [-0.15, -0.1) is 0 Å². The Kier molecular flexibility index (Phi) is 4.60. The number of rotatable bonds is 5. The summed E-state index contributed by atoms with van der Waals surface area (Å²) in [5.74, 6) is 0.774. The number of nitrogens with zero attached hydrogens (tertiary/aromatic N) is 3. The summed E-state index contributed by atoms with van der Waals surface area (Å²) in [4.78, 5) is 24.5. The summed E-state index contributed by atoms with van der Waals surface area (Å²) < 4.78 is 0. The largest absolute Gasteiger partial charge is 0.369 e. The number of aromatic nitrogens is 3.